The quantitative estimate of drug-likeness (QED) is 0.782. The van der Waals surface area contributed by atoms with Crippen LogP contribution in [0.2, 0.25) is 5.02 Å². The zero-order valence-corrected chi connectivity index (χ0v) is 17.7. The molecule has 1 aliphatic heterocycles. The molecule has 0 bridgehead atoms. The molecular weight excluding hydrogens is 380 g/mol. The Bertz CT molecular complexity index is 754. The fraction of sp³-hybridized carbons (Fsp3) is 0.550. The number of piperidine rings is 1. The van der Waals surface area contributed by atoms with Gasteiger partial charge < -0.3 is 10.2 Å². The highest BCUT2D eigenvalue weighted by atomic mass is 35.5. The Morgan fingerprint density at radius 1 is 1.26 bits per heavy atom. The van der Waals surface area contributed by atoms with Crippen LogP contribution in [0.3, 0.4) is 0 Å². The zero-order valence-electron chi connectivity index (χ0n) is 16.1. The van der Waals surface area contributed by atoms with Crippen LogP contribution in [-0.2, 0) is 11.2 Å². The highest BCUT2D eigenvalue weighted by Crippen LogP contribution is 2.26. The Balaban J connectivity index is 1.52. The van der Waals surface area contributed by atoms with E-state index in [0.29, 0.717) is 12.3 Å². The van der Waals surface area contributed by atoms with Crippen molar-refractivity contribution < 1.29 is 4.79 Å². The smallest absolute Gasteiger partial charge is 0.223 e. The molecule has 146 valence electrons. The first-order valence-electron chi connectivity index (χ1n) is 9.54. The van der Waals surface area contributed by atoms with Gasteiger partial charge in [0.15, 0.2) is 0 Å². The van der Waals surface area contributed by atoms with E-state index in [1.807, 2.05) is 24.3 Å². The molecule has 2 heterocycles. The zero-order chi connectivity index (χ0) is 19.4. The lowest BCUT2D eigenvalue weighted by Crippen LogP contribution is -2.44. The summed E-state index contributed by atoms with van der Waals surface area (Å²) in [6.07, 6.45) is 2.44. The topological polar surface area (TPSA) is 58.1 Å². The number of hydrogen-bond donors (Lipinski definition) is 1. The summed E-state index contributed by atoms with van der Waals surface area (Å²) in [6, 6.07) is 8.01. The Morgan fingerprint density at radius 3 is 2.56 bits per heavy atom. The maximum atomic E-state index is 12.4. The minimum absolute atomic E-state index is 0.101. The van der Waals surface area contributed by atoms with E-state index in [9.17, 15) is 4.79 Å². The van der Waals surface area contributed by atoms with Crippen LogP contribution in [0.5, 0.6) is 0 Å². The summed E-state index contributed by atoms with van der Waals surface area (Å²) in [5.41, 5.74) is 1.15. The second kappa shape index (κ2) is 9.02. The van der Waals surface area contributed by atoms with Gasteiger partial charge in [0.2, 0.25) is 11.0 Å². The molecule has 0 unspecified atom stereocenters. The first-order chi connectivity index (χ1) is 12.9. The Labute approximate surface area is 170 Å². The number of anilines is 1. The summed E-state index contributed by atoms with van der Waals surface area (Å²) < 4.78 is 4.50. The van der Waals surface area contributed by atoms with Crippen molar-refractivity contribution in [2.45, 2.75) is 46.1 Å². The predicted molar refractivity (Wildman–Crippen MR) is 112 cm³/mol. The van der Waals surface area contributed by atoms with Crippen LogP contribution in [0.1, 0.15) is 45.0 Å². The summed E-state index contributed by atoms with van der Waals surface area (Å²) in [5, 5.41) is 4.84. The van der Waals surface area contributed by atoms with Crippen molar-refractivity contribution >= 4 is 34.2 Å². The van der Waals surface area contributed by atoms with Gasteiger partial charge in [0.25, 0.3) is 0 Å². The number of carbonyl (C=O) groups excluding carboxylic acids is 1. The van der Waals surface area contributed by atoms with Crippen molar-refractivity contribution in [3.63, 3.8) is 0 Å². The van der Waals surface area contributed by atoms with Crippen LogP contribution in [0.15, 0.2) is 24.3 Å². The van der Waals surface area contributed by atoms with Crippen molar-refractivity contribution in [3.05, 3.63) is 40.7 Å². The normalized spacial score (nSPS) is 16.6. The summed E-state index contributed by atoms with van der Waals surface area (Å²) in [4.78, 5) is 19.4. The van der Waals surface area contributed by atoms with Gasteiger partial charge in [0, 0.05) is 48.0 Å². The first kappa shape index (κ1) is 20.1. The second-order valence-electron chi connectivity index (χ2n) is 7.60. The fourth-order valence-electron chi connectivity index (χ4n) is 3.07. The Kier molecular flexibility index (Phi) is 6.71. The molecule has 1 N–H and O–H groups in total. The molecule has 1 amide bonds. The van der Waals surface area contributed by atoms with E-state index in [1.165, 1.54) is 11.5 Å². The third-order valence-corrected chi connectivity index (χ3v) is 6.31. The molecule has 0 aliphatic carbocycles. The summed E-state index contributed by atoms with van der Waals surface area (Å²) in [7, 11) is 0. The molecule has 27 heavy (non-hydrogen) atoms. The van der Waals surface area contributed by atoms with E-state index < -0.39 is 0 Å². The van der Waals surface area contributed by atoms with Crippen LogP contribution in [0, 0.1) is 11.8 Å². The van der Waals surface area contributed by atoms with E-state index in [4.69, 9.17) is 16.6 Å². The summed E-state index contributed by atoms with van der Waals surface area (Å²) in [6.45, 7) is 8.03. The molecule has 5 nitrogen and oxygen atoms in total. The molecule has 0 radical (unpaired) electrons. The standard InChI is InChI=1S/C20H27ClN4OS/c1-13(2)14(3)22-19(26)16-8-10-25(11-9-16)20-23-18(24-27-20)12-15-4-6-17(21)7-5-15/h4-7,13-14,16H,8-12H2,1-3H3,(H,22,26)/t14-/m1/s1. The summed E-state index contributed by atoms with van der Waals surface area (Å²) >= 11 is 7.37. The molecule has 0 spiro atoms. The number of amides is 1. The van der Waals surface area contributed by atoms with Crippen LogP contribution in [-0.4, -0.2) is 34.4 Å². The van der Waals surface area contributed by atoms with E-state index in [1.54, 1.807) is 0 Å². The van der Waals surface area contributed by atoms with E-state index >= 15 is 0 Å². The number of nitrogens with one attached hydrogen (secondary N) is 1. The van der Waals surface area contributed by atoms with Crippen molar-refractivity contribution in [2.24, 2.45) is 11.8 Å². The maximum Gasteiger partial charge on any atom is 0.223 e. The molecule has 1 aromatic carbocycles. The SMILES string of the molecule is CC(C)[C@@H](C)NC(=O)C1CCN(c2nc(Cc3ccc(Cl)cc3)ns2)CC1. The van der Waals surface area contributed by atoms with Gasteiger partial charge in [0.1, 0.15) is 5.82 Å². The van der Waals surface area contributed by atoms with Crippen LogP contribution < -0.4 is 10.2 Å². The fourth-order valence-corrected chi connectivity index (χ4v) is 3.93. The van der Waals surface area contributed by atoms with Gasteiger partial charge in [-0.1, -0.05) is 37.6 Å². The van der Waals surface area contributed by atoms with E-state index in [0.717, 1.165) is 47.5 Å². The number of nitrogens with zero attached hydrogens (tertiary/aromatic N) is 3. The monoisotopic (exact) mass is 406 g/mol. The lowest BCUT2D eigenvalue weighted by atomic mass is 9.95. The molecule has 1 fully saturated rings. The first-order valence-corrected chi connectivity index (χ1v) is 10.7. The molecule has 7 heteroatoms. The van der Waals surface area contributed by atoms with Crippen molar-refractivity contribution in [2.75, 3.05) is 18.0 Å². The third-order valence-electron chi connectivity index (χ3n) is 5.24. The molecule has 0 saturated carbocycles. The molecule has 1 atom stereocenters. The van der Waals surface area contributed by atoms with Gasteiger partial charge in [-0.25, -0.2) is 4.98 Å². The van der Waals surface area contributed by atoms with Crippen molar-refractivity contribution in [3.8, 4) is 0 Å². The third kappa shape index (κ3) is 5.42. The van der Waals surface area contributed by atoms with Gasteiger partial charge in [-0.3, -0.25) is 4.79 Å². The minimum atomic E-state index is 0.101. The second-order valence-corrected chi connectivity index (χ2v) is 8.77. The van der Waals surface area contributed by atoms with Crippen LogP contribution in [0.25, 0.3) is 0 Å². The highest BCUT2D eigenvalue weighted by Gasteiger charge is 2.27. The van der Waals surface area contributed by atoms with Crippen LogP contribution in [0.4, 0.5) is 5.13 Å². The maximum absolute atomic E-state index is 12.4. The number of halogens is 1. The van der Waals surface area contributed by atoms with Gasteiger partial charge in [0.05, 0.1) is 0 Å². The Hall–Kier alpha value is -1.66. The number of benzene rings is 1. The van der Waals surface area contributed by atoms with Crippen LogP contribution >= 0.6 is 23.1 Å². The number of rotatable bonds is 6. The number of carbonyl (C=O) groups is 1. The molecular formula is C20H27ClN4OS. The van der Waals surface area contributed by atoms with Gasteiger partial charge in [-0.05, 0) is 43.4 Å². The number of hydrogen-bond acceptors (Lipinski definition) is 5. The van der Waals surface area contributed by atoms with Gasteiger partial charge >= 0.3 is 0 Å². The molecule has 2 aromatic rings. The lowest BCUT2D eigenvalue weighted by molar-refractivity contribution is -0.126. The molecule has 3 rings (SSSR count). The van der Waals surface area contributed by atoms with Gasteiger partial charge in [-0.15, -0.1) is 0 Å². The Morgan fingerprint density at radius 2 is 1.93 bits per heavy atom. The lowest BCUT2D eigenvalue weighted by Gasteiger charge is -2.31. The van der Waals surface area contributed by atoms with Gasteiger partial charge in [-0.2, -0.15) is 4.37 Å². The average Bonchev–Trinajstić information content (AvgIpc) is 3.12. The predicted octanol–water partition coefficient (Wildman–Crippen LogP) is 4.16. The minimum Gasteiger partial charge on any atom is -0.353 e. The van der Waals surface area contributed by atoms with Crippen molar-refractivity contribution in [1.82, 2.24) is 14.7 Å². The highest BCUT2D eigenvalue weighted by molar-refractivity contribution is 7.09. The van der Waals surface area contributed by atoms with E-state index in [2.05, 4.69) is 35.4 Å². The van der Waals surface area contributed by atoms with Crippen molar-refractivity contribution in [1.29, 1.82) is 0 Å². The van der Waals surface area contributed by atoms with E-state index in [-0.39, 0.29) is 17.9 Å². The molecule has 1 aromatic heterocycles. The summed E-state index contributed by atoms with van der Waals surface area (Å²) in [5.74, 6) is 1.58. The largest absolute Gasteiger partial charge is 0.353 e. The average molecular weight is 407 g/mol. The number of aromatic nitrogens is 2. The molecule has 1 saturated heterocycles. The molecule has 1 aliphatic rings.